The third-order valence-corrected chi connectivity index (χ3v) is 3.91. The molecule has 0 N–H and O–H groups in total. The molecule has 0 saturated heterocycles. The van der Waals surface area contributed by atoms with E-state index < -0.39 is 10.3 Å². The molecule has 4 nitrogen and oxygen atoms in total. The van der Waals surface area contributed by atoms with E-state index in [4.69, 9.17) is 4.18 Å². The van der Waals surface area contributed by atoms with Crippen LogP contribution in [0.25, 0.3) is 11.1 Å². The molecule has 0 heterocycles. The van der Waals surface area contributed by atoms with Gasteiger partial charge in [-0.05, 0) is 23.3 Å². The molecule has 0 aliphatic rings. The van der Waals surface area contributed by atoms with Gasteiger partial charge in [-0.3, -0.25) is 0 Å². The summed E-state index contributed by atoms with van der Waals surface area (Å²) in [5.41, 5.74) is 2.08. The van der Waals surface area contributed by atoms with Crippen LogP contribution in [0.5, 0.6) is 5.75 Å². The molecular formula is C14H15NO3S. The van der Waals surface area contributed by atoms with Crippen molar-refractivity contribution in [3.63, 3.8) is 0 Å². The van der Waals surface area contributed by atoms with E-state index in [2.05, 4.69) is 0 Å². The maximum absolute atomic E-state index is 11.6. The number of hydrogen-bond acceptors (Lipinski definition) is 3. The number of nitrogens with zero attached hydrogens (tertiary/aromatic N) is 1. The summed E-state index contributed by atoms with van der Waals surface area (Å²) in [6.07, 6.45) is 0. The van der Waals surface area contributed by atoms with E-state index in [1.165, 1.54) is 14.1 Å². The van der Waals surface area contributed by atoms with Crippen LogP contribution >= 0.6 is 0 Å². The van der Waals surface area contributed by atoms with Crippen LogP contribution in [-0.2, 0) is 10.3 Å². The fourth-order valence-electron chi connectivity index (χ4n) is 1.53. The Balaban J connectivity index is 2.21. The Morgan fingerprint density at radius 3 is 1.89 bits per heavy atom. The van der Waals surface area contributed by atoms with E-state index in [0.29, 0.717) is 5.75 Å². The Labute approximate surface area is 113 Å². The largest absolute Gasteiger partial charge is 0.384 e. The fraction of sp³-hybridized carbons (Fsp3) is 0.143. The summed E-state index contributed by atoms with van der Waals surface area (Å²) < 4.78 is 29.1. The molecule has 0 bridgehead atoms. The van der Waals surface area contributed by atoms with Crippen molar-refractivity contribution in [2.75, 3.05) is 14.1 Å². The van der Waals surface area contributed by atoms with Crippen LogP contribution in [0, 0.1) is 0 Å². The lowest BCUT2D eigenvalue weighted by Gasteiger charge is -2.12. The summed E-state index contributed by atoms with van der Waals surface area (Å²) >= 11 is 0. The third kappa shape index (κ3) is 3.33. The van der Waals surface area contributed by atoms with Crippen LogP contribution in [0.2, 0.25) is 0 Å². The Bertz CT molecular complexity index is 634. The topological polar surface area (TPSA) is 46.6 Å². The lowest BCUT2D eigenvalue weighted by molar-refractivity contribution is 0.421. The Kier molecular flexibility index (Phi) is 3.87. The van der Waals surface area contributed by atoms with Crippen molar-refractivity contribution >= 4 is 10.3 Å². The fourth-order valence-corrected chi connectivity index (χ4v) is 2.03. The molecule has 0 unspecified atom stereocenters. The molecule has 0 atom stereocenters. The van der Waals surface area contributed by atoms with Gasteiger partial charge in [0.1, 0.15) is 5.75 Å². The van der Waals surface area contributed by atoms with E-state index in [0.717, 1.165) is 15.4 Å². The molecule has 100 valence electrons. The monoisotopic (exact) mass is 277 g/mol. The highest BCUT2D eigenvalue weighted by Gasteiger charge is 2.15. The van der Waals surface area contributed by atoms with Crippen molar-refractivity contribution in [1.82, 2.24) is 4.31 Å². The first-order valence-corrected chi connectivity index (χ1v) is 7.13. The molecule has 2 aromatic carbocycles. The van der Waals surface area contributed by atoms with Gasteiger partial charge in [0.05, 0.1) is 0 Å². The van der Waals surface area contributed by atoms with Gasteiger partial charge in [0.25, 0.3) is 0 Å². The van der Waals surface area contributed by atoms with Crippen molar-refractivity contribution < 1.29 is 12.6 Å². The van der Waals surface area contributed by atoms with Crippen molar-refractivity contribution in [1.29, 1.82) is 0 Å². The predicted molar refractivity (Wildman–Crippen MR) is 75.1 cm³/mol. The Morgan fingerprint density at radius 2 is 1.37 bits per heavy atom. The predicted octanol–water partition coefficient (Wildman–Crippen LogP) is 2.54. The van der Waals surface area contributed by atoms with E-state index in [1.54, 1.807) is 12.1 Å². The molecule has 0 saturated carbocycles. The quantitative estimate of drug-likeness (QED) is 0.862. The highest BCUT2D eigenvalue weighted by Crippen LogP contribution is 2.22. The van der Waals surface area contributed by atoms with Crippen molar-refractivity contribution in [3.05, 3.63) is 54.6 Å². The second-order valence-electron chi connectivity index (χ2n) is 4.21. The lowest BCUT2D eigenvalue weighted by Crippen LogP contribution is -2.26. The first-order valence-electron chi connectivity index (χ1n) is 5.76. The third-order valence-electron chi connectivity index (χ3n) is 2.61. The van der Waals surface area contributed by atoms with Gasteiger partial charge in [0.15, 0.2) is 0 Å². The number of rotatable bonds is 4. The Hall–Kier alpha value is -1.85. The maximum atomic E-state index is 11.6. The van der Waals surface area contributed by atoms with E-state index in [1.807, 2.05) is 42.5 Å². The molecule has 2 rings (SSSR count). The molecule has 0 amide bonds. The highest BCUT2D eigenvalue weighted by molar-refractivity contribution is 7.84. The summed E-state index contributed by atoms with van der Waals surface area (Å²) in [5.74, 6) is 0.299. The van der Waals surface area contributed by atoms with E-state index in [-0.39, 0.29) is 0 Å². The van der Waals surface area contributed by atoms with Crippen LogP contribution in [0.4, 0.5) is 0 Å². The van der Waals surface area contributed by atoms with Gasteiger partial charge in [-0.2, -0.15) is 12.7 Å². The summed E-state index contributed by atoms with van der Waals surface area (Å²) in [4.78, 5) is 0. The molecule has 0 spiro atoms. The molecule has 2 aromatic rings. The van der Waals surface area contributed by atoms with Gasteiger partial charge in [-0.25, -0.2) is 0 Å². The van der Waals surface area contributed by atoms with E-state index in [9.17, 15) is 8.42 Å². The molecule has 0 aliphatic heterocycles. The Morgan fingerprint density at radius 1 is 0.842 bits per heavy atom. The van der Waals surface area contributed by atoms with E-state index >= 15 is 0 Å². The van der Waals surface area contributed by atoms with Crippen LogP contribution in [0.1, 0.15) is 0 Å². The summed E-state index contributed by atoms with van der Waals surface area (Å²) in [7, 11) is -0.847. The second-order valence-corrected chi connectivity index (χ2v) is 5.97. The van der Waals surface area contributed by atoms with Crippen LogP contribution in [0.15, 0.2) is 54.6 Å². The average Bonchev–Trinajstić information content (AvgIpc) is 2.40. The summed E-state index contributed by atoms with van der Waals surface area (Å²) in [5, 5.41) is 0. The normalized spacial score (nSPS) is 11.5. The minimum Gasteiger partial charge on any atom is -0.371 e. The van der Waals surface area contributed by atoms with Crippen molar-refractivity contribution in [3.8, 4) is 16.9 Å². The first kappa shape index (κ1) is 13.6. The molecule has 0 aliphatic carbocycles. The molecule has 0 aromatic heterocycles. The minimum absolute atomic E-state index is 0.299. The van der Waals surface area contributed by atoms with Crippen LogP contribution in [-0.4, -0.2) is 26.8 Å². The highest BCUT2D eigenvalue weighted by atomic mass is 32.2. The first-order chi connectivity index (χ1) is 8.99. The second kappa shape index (κ2) is 5.42. The zero-order valence-electron chi connectivity index (χ0n) is 10.8. The minimum atomic E-state index is -3.70. The molecule has 5 heteroatoms. The summed E-state index contributed by atoms with van der Waals surface area (Å²) in [6.45, 7) is 0. The van der Waals surface area contributed by atoms with Gasteiger partial charge in [-0.15, -0.1) is 0 Å². The van der Waals surface area contributed by atoms with Gasteiger partial charge in [0.2, 0.25) is 0 Å². The van der Waals surface area contributed by atoms with Crippen LogP contribution in [0.3, 0.4) is 0 Å². The zero-order valence-corrected chi connectivity index (χ0v) is 11.6. The molecular weight excluding hydrogens is 262 g/mol. The number of benzene rings is 2. The molecule has 0 fully saturated rings. The van der Waals surface area contributed by atoms with Crippen LogP contribution < -0.4 is 4.18 Å². The SMILES string of the molecule is CN(C)S(=O)(=O)Oc1ccc(-c2ccccc2)cc1. The molecule has 0 radical (unpaired) electrons. The van der Waals surface area contributed by atoms with Crippen molar-refractivity contribution in [2.24, 2.45) is 0 Å². The van der Waals surface area contributed by atoms with Gasteiger partial charge in [0, 0.05) is 14.1 Å². The molecule has 19 heavy (non-hydrogen) atoms. The van der Waals surface area contributed by atoms with Gasteiger partial charge in [-0.1, -0.05) is 42.5 Å². The van der Waals surface area contributed by atoms with Crippen molar-refractivity contribution in [2.45, 2.75) is 0 Å². The summed E-state index contributed by atoms with van der Waals surface area (Å²) in [6, 6.07) is 16.8. The standard InChI is InChI=1S/C14H15NO3S/c1-15(2)19(16,17)18-14-10-8-13(9-11-14)12-6-4-3-5-7-12/h3-11H,1-2H3. The smallest absolute Gasteiger partial charge is 0.371 e. The zero-order chi connectivity index (χ0) is 13.9. The maximum Gasteiger partial charge on any atom is 0.384 e. The average molecular weight is 277 g/mol. The number of hydrogen-bond donors (Lipinski definition) is 0. The van der Waals surface area contributed by atoms with Gasteiger partial charge >= 0.3 is 10.3 Å². The van der Waals surface area contributed by atoms with Gasteiger partial charge < -0.3 is 4.18 Å². The lowest BCUT2D eigenvalue weighted by atomic mass is 10.1.